The first-order chi connectivity index (χ1) is 13.2. The van der Waals surface area contributed by atoms with Gasteiger partial charge in [-0.25, -0.2) is 0 Å². The van der Waals surface area contributed by atoms with Crippen LogP contribution in [0.15, 0.2) is 65.1 Å². The number of ether oxygens (including phenoxy) is 2. The molecule has 0 fully saturated rings. The number of nitrogens with one attached hydrogen (secondary N) is 1. The number of aromatic nitrogens is 2. The second-order valence-corrected chi connectivity index (χ2v) is 6.42. The van der Waals surface area contributed by atoms with Crippen molar-refractivity contribution in [2.75, 3.05) is 20.3 Å². The molecule has 3 rings (SSSR count). The lowest BCUT2D eigenvalue weighted by Gasteiger charge is -2.08. The van der Waals surface area contributed by atoms with E-state index in [2.05, 4.69) is 31.4 Å². The van der Waals surface area contributed by atoms with Gasteiger partial charge in [-0.2, -0.15) is 0 Å². The van der Waals surface area contributed by atoms with Gasteiger partial charge in [-0.1, -0.05) is 12.1 Å². The van der Waals surface area contributed by atoms with Gasteiger partial charge in [-0.05, 0) is 58.4 Å². The number of hydrogen-bond donors (Lipinski definition) is 1. The SMILES string of the molecule is COc1ccc(-c2ccc(OCCNC(=O)c3ccccc3Br)nn2)cc1. The summed E-state index contributed by atoms with van der Waals surface area (Å²) in [6.07, 6.45) is 0. The molecule has 1 amide bonds. The molecule has 0 aliphatic carbocycles. The molecule has 0 spiro atoms. The predicted molar refractivity (Wildman–Crippen MR) is 106 cm³/mol. The molecular formula is C20H18BrN3O3. The number of carbonyl (C=O) groups is 1. The van der Waals surface area contributed by atoms with Crippen LogP contribution in [0.3, 0.4) is 0 Å². The van der Waals surface area contributed by atoms with Gasteiger partial charge >= 0.3 is 0 Å². The number of nitrogens with zero attached hydrogens (tertiary/aromatic N) is 2. The summed E-state index contributed by atoms with van der Waals surface area (Å²) in [6, 6.07) is 18.4. The molecular weight excluding hydrogens is 410 g/mol. The van der Waals surface area contributed by atoms with Crippen molar-refractivity contribution in [3.05, 3.63) is 70.7 Å². The average molecular weight is 428 g/mol. The molecule has 27 heavy (non-hydrogen) atoms. The standard InChI is InChI=1S/C20H18BrN3O3/c1-26-15-8-6-14(7-9-15)18-10-11-19(24-23-18)27-13-12-22-20(25)16-4-2-3-5-17(16)21/h2-11H,12-13H2,1H3,(H,22,25). The van der Waals surface area contributed by atoms with E-state index in [-0.39, 0.29) is 5.91 Å². The van der Waals surface area contributed by atoms with Crippen LogP contribution in [0.25, 0.3) is 11.3 Å². The van der Waals surface area contributed by atoms with Crippen LogP contribution < -0.4 is 14.8 Å². The second-order valence-electron chi connectivity index (χ2n) is 5.57. The van der Waals surface area contributed by atoms with Gasteiger partial charge in [0.15, 0.2) is 0 Å². The van der Waals surface area contributed by atoms with Crippen molar-refractivity contribution < 1.29 is 14.3 Å². The highest BCUT2D eigenvalue weighted by Crippen LogP contribution is 2.21. The summed E-state index contributed by atoms with van der Waals surface area (Å²) in [5.74, 6) is 1.03. The van der Waals surface area contributed by atoms with Gasteiger partial charge in [-0.15, -0.1) is 10.2 Å². The molecule has 0 aliphatic heterocycles. The quantitative estimate of drug-likeness (QED) is 0.581. The maximum Gasteiger partial charge on any atom is 0.252 e. The molecule has 7 heteroatoms. The molecule has 0 radical (unpaired) electrons. The molecule has 1 heterocycles. The van der Waals surface area contributed by atoms with Crippen molar-refractivity contribution in [1.29, 1.82) is 0 Å². The molecule has 1 N–H and O–H groups in total. The smallest absolute Gasteiger partial charge is 0.252 e. The Hall–Kier alpha value is -2.93. The second kappa shape index (κ2) is 9.14. The van der Waals surface area contributed by atoms with Crippen LogP contribution in [-0.4, -0.2) is 36.4 Å². The highest BCUT2D eigenvalue weighted by atomic mass is 79.9. The Bertz CT molecular complexity index is 899. The molecule has 3 aromatic rings. The lowest BCUT2D eigenvalue weighted by atomic mass is 10.1. The third-order valence-corrected chi connectivity index (χ3v) is 4.47. The van der Waals surface area contributed by atoms with Crippen molar-refractivity contribution >= 4 is 21.8 Å². The Balaban J connectivity index is 1.49. The number of amides is 1. The minimum Gasteiger partial charge on any atom is -0.497 e. The number of hydrogen-bond acceptors (Lipinski definition) is 5. The van der Waals surface area contributed by atoms with Crippen molar-refractivity contribution in [1.82, 2.24) is 15.5 Å². The van der Waals surface area contributed by atoms with E-state index in [0.29, 0.717) is 24.6 Å². The molecule has 0 aliphatic rings. The number of methoxy groups -OCH3 is 1. The number of benzene rings is 2. The average Bonchev–Trinajstić information content (AvgIpc) is 2.72. The topological polar surface area (TPSA) is 73.3 Å². The first-order valence-electron chi connectivity index (χ1n) is 8.31. The van der Waals surface area contributed by atoms with E-state index in [9.17, 15) is 4.79 Å². The van der Waals surface area contributed by atoms with Crippen LogP contribution in [0.2, 0.25) is 0 Å². The number of carbonyl (C=O) groups excluding carboxylic acids is 1. The third-order valence-electron chi connectivity index (χ3n) is 3.78. The molecule has 0 saturated heterocycles. The Kier molecular flexibility index (Phi) is 6.38. The maximum absolute atomic E-state index is 12.1. The maximum atomic E-state index is 12.1. The minimum atomic E-state index is -0.160. The molecule has 0 atom stereocenters. The van der Waals surface area contributed by atoms with Gasteiger partial charge in [0.05, 0.1) is 24.9 Å². The largest absolute Gasteiger partial charge is 0.497 e. The summed E-state index contributed by atoms with van der Waals surface area (Å²) in [7, 11) is 1.63. The summed E-state index contributed by atoms with van der Waals surface area (Å²) in [5.41, 5.74) is 2.27. The van der Waals surface area contributed by atoms with E-state index in [1.807, 2.05) is 48.5 Å². The van der Waals surface area contributed by atoms with Gasteiger partial charge in [0, 0.05) is 16.1 Å². The van der Waals surface area contributed by atoms with Gasteiger partial charge < -0.3 is 14.8 Å². The Morgan fingerprint density at radius 2 is 1.81 bits per heavy atom. The third kappa shape index (κ3) is 5.04. The lowest BCUT2D eigenvalue weighted by Crippen LogP contribution is -2.28. The lowest BCUT2D eigenvalue weighted by molar-refractivity contribution is 0.0945. The van der Waals surface area contributed by atoms with E-state index >= 15 is 0 Å². The van der Waals surface area contributed by atoms with Gasteiger partial charge in [0.1, 0.15) is 12.4 Å². The first kappa shape index (κ1) is 18.8. The van der Waals surface area contributed by atoms with Crippen LogP contribution >= 0.6 is 15.9 Å². The highest BCUT2D eigenvalue weighted by Gasteiger charge is 2.08. The Morgan fingerprint density at radius 3 is 2.48 bits per heavy atom. The molecule has 2 aromatic carbocycles. The number of halogens is 1. The Morgan fingerprint density at radius 1 is 1.04 bits per heavy atom. The summed E-state index contributed by atoms with van der Waals surface area (Å²) < 4.78 is 11.4. The molecule has 0 bridgehead atoms. The minimum absolute atomic E-state index is 0.160. The zero-order chi connectivity index (χ0) is 19.1. The van der Waals surface area contributed by atoms with Crippen LogP contribution in [0.5, 0.6) is 11.6 Å². The van der Waals surface area contributed by atoms with Crippen molar-refractivity contribution in [2.45, 2.75) is 0 Å². The monoisotopic (exact) mass is 427 g/mol. The summed E-state index contributed by atoms with van der Waals surface area (Å²) in [6.45, 7) is 0.662. The van der Waals surface area contributed by atoms with Crippen LogP contribution in [0.4, 0.5) is 0 Å². The fourth-order valence-corrected chi connectivity index (χ4v) is 2.84. The predicted octanol–water partition coefficient (Wildman–Crippen LogP) is 3.72. The first-order valence-corrected chi connectivity index (χ1v) is 9.10. The zero-order valence-electron chi connectivity index (χ0n) is 14.7. The number of rotatable bonds is 7. The summed E-state index contributed by atoms with van der Waals surface area (Å²) >= 11 is 3.36. The normalized spacial score (nSPS) is 10.3. The molecule has 1 aromatic heterocycles. The van der Waals surface area contributed by atoms with E-state index in [1.54, 1.807) is 19.2 Å². The van der Waals surface area contributed by atoms with Crippen molar-refractivity contribution in [2.24, 2.45) is 0 Å². The molecule has 0 unspecified atom stereocenters. The van der Waals surface area contributed by atoms with E-state index in [0.717, 1.165) is 21.5 Å². The van der Waals surface area contributed by atoms with Crippen molar-refractivity contribution in [3.8, 4) is 22.9 Å². The fourth-order valence-electron chi connectivity index (χ4n) is 2.37. The van der Waals surface area contributed by atoms with Crippen LogP contribution in [0.1, 0.15) is 10.4 Å². The summed E-state index contributed by atoms with van der Waals surface area (Å²) in [5, 5.41) is 11.0. The zero-order valence-corrected chi connectivity index (χ0v) is 16.3. The fraction of sp³-hybridized carbons (Fsp3) is 0.150. The van der Waals surface area contributed by atoms with Crippen LogP contribution in [0, 0.1) is 0 Å². The van der Waals surface area contributed by atoms with Crippen LogP contribution in [-0.2, 0) is 0 Å². The van der Waals surface area contributed by atoms with E-state index in [4.69, 9.17) is 9.47 Å². The molecule has 6 nitrogen and oxygen atoms in total. The Labute approximate surface area is 165 Å². The highest BCUT2D eigenvalue weighted by molar-refractivity contribution is 9.10. The van der Waals surface area contributed by atoms with Gasteiger partial charge in [0.2, 0.25) is 5.88 Å². The van der Waals surface area contributed by atoms with E-state index in [1.165, 1.54) is 0 Å². The van der Waals surface area contributed by atoms with Crippen molar-refractivity contribution in [3.63, 3.8) is 0 Å². The molecule has 138 valence electrons. The van der Waals surface area contributed by atoms with Gasteiger partial charge in [0.25, 0.3) is 5.91 Å². The molecule has 0 saturated carbocycles. The van der Waals surface area contributed by atoms with E-state index < -0.39 is 0 Å². The van der Waals surface area contributed by atoms with Gasteiger partial charge in [-0.3, -0.25) is 4.79 Å². The summed E-state index contributed by atoms with van der Waals surface area (Å²) in [4.78, 5) is 12.1.